The maximum absolute atomic E-state index is 12.9. The van der Waals surface area contributed by atoms with Gasteiger partial charge in [-0.25, -0.2) is 13.4 Å². The predicted molar refractivity (Wildman–Crippen MR) is 110 cm³/mol. The summed E-state index contributed by atoms with van der Waals surface area (Å²) in [5, 5.41) is 7.38. The van der Waals surface area contributed by atoms with Crippen LogP contribution in [0.1, 0.15) is 33.5 Å². The zero-order valence-corrected chi connectivity index (χ0v) is 17.8. The van der Waals surface area contributed by atoms with Crippen LogP contribution in [0.3, 0.4) is 0 Å². The van der Waals surface area contributed by atoms with Crippen molar-refractivity contribution in [3.63, 3.8) is 0 Å². The van der Waals surface area contributed by atoms with Gasteiger partial charge in [-0.05, 0) is 32.0 Å². The predicted octanol–water partition coefficient (Wildman–Crippen LogP) is 2.67. The van der Waals surface area contributed by atoms with Crippen molar-refractivity contribution in [1.29, 1.82) is 0 Å². The van der Waals surface area contributed by atoms with E-state index in [1.807, 2.05) is 13.8 Å². The fourth-order valence-corrected chi connectivity index (χ4v) is 5.74. The quantitative estimate of drug-likeness (QED) is 0.670. The molecule has 3 aromatic rings. The summed E-state index contributed by atoms with van der Waals surface area (Å²) in [6.07, 6.45) is 2.10. The summed E-state index contributed by atoms with van der Waals surface area (Å²) in [6, 6.07) is 8.51. The van der Waals surface area contributed by atoms with E-state index in [9.17, 15) is 13.2 Å². The minimum Gasteiger partial charge on any atom is -0.296 e. The van der Waals surface area contributed by atoms with Gasteiger partial charge in [0.05, 0.1) is 17.1 Å². The first-order valence-corrected chi connectivity index (χ1v) is 11.5. The van der Waals surface area contributed by atoms with Gasteiger partial charge in [-0.3, -0.25) is 14.8 Å². The van der Waals surface area contributed by atoms with Crippen LogP contribution in [0.2, 0.25) is 0 Å². The Kier molecular flexibility index (Phi) is 5.24. The van der Waals surface area contributed by atoms with E-state index in [1.165, 1.54) is 15.6 Å². The summed E-state index contributed by atoms with van der Waals surface area (Å²) >= 11 is 1.31. The van der Waals surface area contributed by atoms with E-state index in [4.69, 9.17) is 0 Å². The molecule has 8 nitrogen and oxygen atoms in total. The van der Waals surface area contributed by atoms with Crippen molar-refractivity contribution in [2.75, 3.05) is 11.9 Å². The highest BCUT2D eigenvalue weighted by Crippen LogP contribution is 2.31. The molecule has 1 aliphatic heterocycles. The van der Waals surface area contributed by atoms with Crippen molar-refractivity contribution in [3.8, 4) is 0 Å². The van der Waals surface area contributed by atoms with Gasteiger partial charge in [-0.15, -0.1) is 11.3 Å². The second-order valence-corrected chi connectivity index (χ2v) is 9.80. The molecule has 0 spiro atoms. The van der Waals surface area contributed by atoms with Gasteiger partial charge >= 0.3 is 0 Å². The average Bonchev–Trinajstić information content (AvgIpc) is 3.33. The van der Waals surface area contributed by atoms with Gasteiger partial charge in [0.2, 0.25) is 10.0 Å². The third kappa shape index (κ3) is 3.83. The van der Waals surface area contributed by atoms with E-state index >= 15 is 0 Å². The molecule has 152 valence electrons. The van der Waals surface area contributed by atoms with Crippen LogP contribution in [-0.2, 0) is 29.5 Å². The van der Waals surface area contributed by atoms with Crippen LogP contribution in [0.5, 0.6) is 0 Å². The van der Waals surface area contributed by atoms with Crippen LogP contribution in [0.4, 0.5) is 5.13 Å². The van der Waals surface area contributed by atoms with E-state index in [0.29, 0.717) is 30.3 Å². The topological polar surface area (TPSA) is 97.2 Å². The summed E-state index contributed by atoms with van der Waals surface area (Å²) in [6.45, 7) is 5.05. The number of aromatic nitrogens is 3. The number of carbonyl (C=O) groups excluding carboxylic acids is 1. The van der Waals surface area contributed by atoms with Crippen LogP contribution < -0.4 is 5.32 Å². The van der Waals surface area contributed by atoms with Crippen LogP contribution in [0.25, 0.3) is 0 Å². The number of sulfonamides is 1. The van der Waals surface area contributed by atoms with Gasteiger partial charge in [0.15, 0.2) is 5.13 Å². The molecule has 4 rings (SSSR count). The van der Waals surface area contributed by atoms with Gasteiger partial charge in [0.1, 0.15) is 5.69 Å². The maximum atomic E-state index is 12.9. The molecule has 1 aromatic carbocycles. The molecule has 0 saturated carbocycles. The molecular weight excluding hydrogens is 410 g/mol. The Morgan fingerprint density at radius 1 is 1.24 bits per heavy atom. The molecule has 1 N–H and O–H groups in total. The van der Waals surface area contributed by atoms with E-state index in [1.54, 1.807) is 41.2 Å². The third-order valence-corrected chi connectivity index (χ3v) is 7.68. The summed E-state index contributed by atoms with van der Waals surface area (Å²) in [4.78, 5) is 18.1. The number of hydrogen-bond acceptors (Lipinski definition) is 6. The van der Waals surface area contributed by atoms with Gasteiger partial charge in [0, 0.05) is 30.6 Å². The fourth-order valence-electron chi connectivity index (χ4n) is 3.23. The molecule has 2 aromatic heterocycles. The molecule has 10 heteroatoms. The number of carbonyl (C=O) groups is 1. The molecule has 0 saturated heterocycles. The molecule has 0 fully saturated rings. The number of nitrogens with zero attached hydrogens (tertiary/aromatic N) is 4. The van der Waals surface area contributed by atoms with E-state index in [0.717, 1.165) is 16.1 Å². The minimum atomic E-state index is -3.57. The summed E-state index contributed by atoms with van der Waals surface area (Å²) < 4.78 is 29.0. The Morgan fingerprint density at radius 2 is 2.00 bits per heavy atom. The zero-order chi connectivity index (χ0) is 20.6. The number of anilines is 1. The second-order valence-electron chi connectivity index (χ2n) is 6.78. The molecular formula is C19H21N5O3S2. The highest BCUT2D eigenvalue weighted by atomic mass is 32.2. The number of amides is 1. The number of thiazole rings is 1. The molecule has 1 amide bonds. The van der Waals surface area contributed by atoms with Gasteiger partial charge < -0.3 is 0 Å². The van der Waals surface area contributed by atoms with Crippen molar-refractivity contribution in [2.45, 2.75) is 38.3 Å². The lowest BCUT2D eigenvalue weighted by Gasteiger charge is -2.25. The van der Waals surface area contributed by atoms with Crippen LogP contribution in [0, 0.1) is 6.92 Å². The molecule has 1 aliphatic rings. The standard InChI is InChI=1S/C19H21N5O3S2/c1-3-24-16(8-10-20-24)18(25)22-19-21-15-9-11-23(12-17(15)28-19)29(26,27)14-6-4-13(2)5-7-14/h4-8,10H,3,9,11-12H2,1-2H3,(H,21,22,25). The van der Waals surface area contributed by atoms with Crippen LogP contribution in [-0.4, -0.2) is 39.9 Å². The SMILES string of the molecule is CCn1nccc1C(=O)Nc1nc2c(s1)CN(S(=O)(=O)c1ccc(C)cc1)CC2. The van der Waals surface area contributed by atoms with E-state index in [2.05, 4.69) is 15.4 Å². The first kappa shape index (κ1) is 19.7. The van der Waals surface area contributed by atoms with Crippen molar-refractivity contribution in [2.24, 2.45) is 0 Å². The van der Waals surface area contributed by atoms with Crippen LogP contribution in [0.15, 0.2) is 41.4 Å². The summed E-state index contributed by atoms with van der Waals surface area (Å²) in [7, 11) is -3.57. The molecule has 0 aliphatic carbocycles. The smallest absolute Gasteiger partial charge is 0.275 e. The van der Waals surface area contributed by atoms with Gasteiger partial charge in [-0.1, -0.05) is 17.7 Å². The van der Waals surface area contributed by atoms with E-state index in [-0.39, 0.29) is 17.3 Å². The van der Waals surface area contributed by atoms with Crippen molar-refractivity contribution < 1.29 is 13.2 Å². The van der Waals surface area contributed by atoms with Crippen molar-refractivity contribution in [1.82, 2.24) is 19.1 Å². The molecule has 29 heavy (non-hydrogen) atoms. The monoisotopic (exact) mass is 431 g/mol. The van der Waals surface area contributed by atoms with Gasteiger partial charge in [-0.2, -0.15) is 9.40 Å². The maximum Gasteiger partial charge on any atom is 0.275 e. The largest absolute Gasteiger partial charge is 0.296 e. The lowest BCUT2D eigenvalue weighted by molar-refractivity contribution is 0.101. The number of nitrogens with one attached hydrogen (secondary N) is 1. The fraction of sp³-hybridized carbons (Fsp3) is 0.316. The number of hydrogen-bond donors (Lipinski definition) is 1. The first-order valence-electron chi connectivity index (χ1n) is 9.27. The molecule has 0 bridgehead atoms. The van der Waals surface area contributed by atoms with Gasteiger partial charge in [0.25, 0.3) is 5.91 Å². The number of benzene rings is 1. The Labute approximate surface area is 173 Å². The molecule has 0 unspecified atom stereocenters. The zero-order valence-electron chi connectivity index (χ0n) is 16.1. The second kappa shape index (κ2) is 7.69. The number of fused-ring (bicyclic) bond motifs is 1. The summed E-state index contributed by atoms with van der Waals surface area (Å²) in [5.41, 5.74) is 2.31. The minimum absolute atomic E-state index is 0.256. The average molecular weight is 432 g/mol. The van der Waals surface area contributed by atoms with Crippen molar-refractivity contribution >= 4 is 32.4 Å². The lowest BCUT2D eigenvalue weighted by atomic mass is 10.2. The van der Waals surface area contributed by atoms with Crippen LogP contribution >= 0.6 is 11.3 Å². The third-order valence-electron chi connectivity index (χ3n) is 4.82. The highest BCUT2D eigenvalue weighted by molar-refractivity contribution is 7.89. The van der Waals surface area contributed by atoms with E-state index < -0.39 is 10.0 Å². The normalized spacial score (nSPS) is 14.6. The lowest BCUT2D eigenvalue weighted by Crippen LogP contribution is -2.35. The summed E-state index contributed by atoms with van der Waals surface area (Å²) in [5.74, 6) is -0.278. The number of rotatable bonds is 5. The highest BCUT2D eigenvalue weighted by Gasteiger charge is 2.30. The Bertz CT molecular complexity index is 1150. The Hall–Kier alpha value is -2.56. The first-order chi connectivity index (χ1) is 13.9. The molecule has 0 radical (unpaired) electrons. The molecule has 0 atom stereocenters. The number of aryl methyl sites for hydroxylation is 2. The molecule has 3 heterocycles. The Morgan fingerprint density at radius 3 is 2.72 bits per heavy atom. The van der Waals surface area contributed by atoms with Crippen molar-refractivity contribution in [3.05, 3.63) is 58.4 Å². The Balaban J connectivity index is 1.51.